The lowest BCUT2D eigenvalue weighted by molar-refractivity contribution is -0.685. The molecule has 34 heavy (non-hydrogen) atoms. The van der Waals surface area contributed by atoms with Gasteiger partial charge < -0.3 is 21.8 Å². The first-order valence-electron chi connectivity index (χ1n) is 10.1. The van der Waals surface area contributed by atoms with E-state index in [9.17, 15) is 13.6 Å². The standard InChI is InChI=1S/C22H19F2N4O2S3.ClH/c1-4-28-17(10-16-27(7-8-31-16)11-13-9-12(2)30-25-13)32-20(21(28)29)22-26(3)15-6-5-14(23)18(24)19(15)33-22;/h5-10H,4,11H2,1-3H3;1H/q+1;/p-1/b22-20+;. The van der Waals surface area contributed by atoms with Crippen molar-refractivity contribution >= 4 is 51.2 Å². The maximum Gasteiger partial charge on any atom is 0.271 e. The van der Waals surface area contributed by atoms with E-state index in [-0.39, 0.29) is 22.9 Å². The molecule has 5 rings (SSSR count). The number of benzene rings is 1. The summed E-state index contributed by atoms with van der Waals surface area (Å²) in [6.07, 6.45) is 3.94. The molecule has 0 bridgehead atoms. The van der Waals surface area contributed by atoms with E-state index < -0.39 is 11.6 Å². The van der Waals surface area contributed by atoms with E-state index in [0.717, 1.165) is 39.0 Å². The van der Waals surface area contributed by atoms with Crippen molar-refractivity contribution in [1.82, 2.24) is 9.72 Å². The topological polar surface area (TPSA) is 55.2 Å². The Morgan fingerprint density at radius 2 is 2.09 bits per heavy atom. The minimum Gasteiger partial charge on any atom is -1.00 e. The zero-order chi connectivity index (χ0) is 23.3. The van der Waals surface area contributed by atoms with Crippen molar-refractivity contribution in [3.05, 3.63) is 77.4 Å². The second-order valence-corrected chi connectivity index (χ2v) is 10.4. The highest BCUT2D eigenvalue weighted by molar-refractivity contribution is 8.08. The van der Waals surface area contributed by atoms with Crippen LogP contribution in [0.5, 0.6) is 0 Å². The summed E-state index contributed by atoms with van der Waals surface area (Å²) >= 11 is 4.00. The summed E-state index contributed by atoms with van der Waals surface area (Å²) in [6.45, 7) is 4.81. The first-order chi connectivity index (χ1) is 15.9. The molecule has 0 aliphatic carbocycles. The zero-order valence-corrected chi connectivity index (χ0v) is 21.5. The van der Waals surface area contributed by atoms with Crippen LogP contribution in [0.4, 0.5) is 14.5 Å². The van der Waals surface area contributed by atoms with Crippen LogP contribution in [-0.2, 0) is 13.1 Å². The Kier molecular flexibility index (Phi) is 6.99. The van der Waals surface area contributed by atoms with E-state index in [0.29, 0.717) is 28.3 Å². The second kappa shape index (κ2) is 9.65. The van der Waals surface area contributed by atoms with Crippen LogP contribution in [0.15, 0.2) is 44.0 Å². The molecule has 4 heterocycles. The van der Waals surface area contributed by atoms with Crippen LogP contribution in [0.1, 0.15) is 23.4 Å². The average Bonchev–Trinajstić information content (AvgIpc) is 3.54. The molecule has 0 amide bonds. The Morgan fingerprint density at radius 1 is 1.29 bits per heavy atom. The van der Waals surface area contributed by atoms with Gasteiger partial charge in [-0.3, -0.25) is 9.36 Å². The number of rotatable bonds is 4. The van der Waals surface area contributed by atoms with Crippen LogP contribution in [0, 0.1) is 18.6 Å². The van der Waals surface area contributed by atoms with E-state index in [1.165, 1.54) is 17.4 Å². The molecule has 0 spiro atoms. The van der Waals surface area contributed by atoms with Crippen molar-refractivity contribution in [1.29, 1.82) is 0 Å². The number of hydrogen-bond donors (Lipinski definition) is 0. The maximum atomic E-state index is 14.4. The second-order valence-electron chi connectivity index (χ2n) is 7.44. The molecular formula is C22H19ClF2N4O2S3. The maximum absolute atomic E-state index is 14.4. The van der Waals surface area contributed by atoms with Gasteiger partial charge in [-0.05, 0) is 26.0 Å². The molecule has 0 saturated heterocycles. The summed E-state index contributed by atoms with van der Waals surface area (Å²) in [5.41, 5.74) is 1.22. The number of halogens is 3. The van der Waals surface area contributed by atoms with Crippen molar-refractivity contribution in [3.63, 3.8) is 0 Å². The Bertz CT molecular complexity index is 1560. The highest BCUT2D eigenvalue weighted by Gasteiger charge is 2.29. The van der Waals surface area contributed by atoms with Crippen LogP contribution in [0.2, 0.25) is 0 Å². The number of thiazole rings is 2. The highest BCUT2D eigenvalue weighted by atomic mass is 35.5. The third-order valence-electron chi connectivity index (χ3n) is 5.29. The van der Waals surface area contributed by atoms with Gasteiger partial charge in [0.15, 0.2) is 24.4 Å². The van der Waals surface area contributed by atoms with E-state index in [2.05, 4.69) is 5.16 Å². The van der Waals surface area contributed by atoms with E-state index in [1.807, 2.05) is 42.1 Å². The molecule has 0 saturated carbocycles. The Balaban J connectivity index is 0.00000274. The number of fused-ring (bicyclic) bond motifs is 1. The van der Waals surface area contributed by atoms with Gasteiger partial charge in [-0.2, -0.15) is 4.57 Å². The fourth-order valence-corrected chi connectivity index (χ4v) is 7.00. The smallest absolute Gasteiger partial charge is 0.271 e. The summed E-state index contributed by atoms with van der Waals surface area (Å²) in [5, 5.41) is 7.59. The molecule has 178 valence electrons. The van der Waals surface area contributed by atoms with Crippen LogP contribution in [0.25, 0.3) is 11.1 Å². The minimum absolute atomic E-state index is 0. The van der Waals surface area contributed by atoms with E-state index in [4.69, 9.17) is 4.52 Å². The number of aryl methyl sites for hydroxylation is 1. The molecule has 0 atom stereocenters. The molecular weight excluding hydrogens is 522 g/mol. The third kappa shape index (κ3) is 4.21. The van der Waals surface area contributed by atoms with Crippen molar-refractivity contribution in [2.24, 2.45) is 0 Å². The number of hydrogen-bond acceptors (Lipinski definition) is 7. The molecule has 0 radical (unpaired) electrons. The quantitative estimate of drug-likeness (QED) is 0.342. The molecule has 6 nitrogen and oxygen atoms in total. The third-order valence-corrected chi connectivity index (χ3v) is 8.65. The van der Waals surface area contributed by atoms with Crippen LogP contribution < -0.4 is 36.6 Å². The van der Waals surface area contributed by atoms with E-state index >= 15 is 0 Å². The first-order valence-corrected chi connectivity index (χ1v) is 12.6. The minimum atomic E-state index is -0.897. The molecule has 12 heteroatoms. The van der Waals surface area contributed by atoms with Gasteiger partial charge in [-0.1, -0.05) is 28.3 Å². The molecule has 1 aliphatic heterocycles. The molecule has 4 aromatic rings. The van der Waals surface area contributed by atoms with Crippen LogP contribution in [0.3, 0.4) is 0 Å². The molecule has 3 aromatic heterocycles. The summed E-state index contributed by atoms with van der Waals surface area (Å²) in [7, 11) is 1.76. The highest BCUT2D eigenvalue weighted by Crippen LogP contribution is 2.47. The van der Waals surface area contributed by atoms with Gasteiger partial charge in [-0.25, -0.2) is 8.78 Å². The lowest BCUT2D eigenvalue weighted by Crippen LogP contribution is -3.00. The van der Waals surface area contributed by atoms with Crippen molar-refractivity contribution in [3.8, 4) is 0 Å². The first kappa shape index (κ1) is 24.6. The Morgan fingerprint density at radius 3 is 2.79 bits per heavy atom. The number of aromatic nitrogens is 3. The summed E-state index contributed by atoms with van der Waals surface area (Å²) in [4.78, 5) is 15.2. The number of anilines is 1. The van der Waals surface area contributed by atoms with Crippen molar-refractivity contribution in [2.45, 2.75) is 31.8 Å². The number of nitrogens with zero attached hydrogens (tertiary/aromatic N) is 4. The largest absolute Gasteiger partial charge is 1.00 e. The fourth-order valence-electron chi connectivity index (χ4n) is 3.66. The lowest BCUT2D eigenvalue weighted by Gasteiger charge is -2.12. The Labute approximate surface area is 211 Å². The average molecular weight is 541 g/mol. The van der Waals surface area contributed by atoms with Gasteiger partial charge in [0.05, 0.1) is 22.0 Å². The van der Waals surface area contributed by atoms with Gasteiger partial charge in [0, 0.05) is 19.7 Å². The van der Waals surface area contributed by atoms with Crippen LogP contribution in [-0.4, -0.2) is 16.8 Å². The molecule has 0 N–H and O–H groups in total. The molecule has 1 aliphatic rings. The van der Waals surface area contributed by atoms with Gasteiger partial charge >= 0.3 is 0 Å². The normalized spacial score (nSPS) is 15.1. The summed E-state index contributed by atoms with van der Waals surface area (Å²) < 4.78 is 38.3. The van der Waals surface area contributed by atoms with Crippen molar-refractivity contribution < 1.29 is 30.3 Å². The molecule has 0 unspecified atom stereocenters. The van der Waals surface area contributed by atoms with Gasteiger partial charge in [0.25, 0.3) is 10.6 Å². The SMILES string of the molecule is CCn1c(=O)/c(=C2\Sc3c(ccc(F)c3F)N2C)s/c1=C\c1scc[n+]1Cc1cc(C)on1.[Cl-]. The molecule has 1 aromatic carbocycles. The number of thioether (sulfide) groups is 1. The zero-order valence-electron chi connectivity index (χ0n) is 18.3. The summed E-state index contributed by atoms with van der Waals surface area (Å²) in [5.74, 6) is -1.03. The van der Waals surface area contributed by atoms with Gasteiger partial charge in [0.2, 0.25) is 0 Å². The lowest BCUT2D eigenvalue weighted by atomic mass is 10.3. The van der Waals surface area contributed by atoms with Gasteiger partial charge in [-0.15, -0.1) is 11.3 Å². The predicted octanol–water partition coefficient (Wildman–Crippen LogP) is 0.0422. The predicted molar refractivity (Wildman–Crippen MR) is 126 cm³/mol. The van der Waals surface area contributed by atoms with Crippen LogP contribution >= 0.6 is 34.4 Å². The van der Waals surface area contributed by atoms with E-state index in [1.54, 1.807) is 27.9 Å². The van der Waals surface area contributed by atoms with Gasteiger partial charge in [0.1, 0.15) is 25.7 Å². The monoisotopic (exact) mass is 540 g/mol. The fraction of sp³-hybridized carbons (Fsp3) is 0.227. The summed E-state index contributed by atoms with van der Waals surface area (Å²) in [6, 6.07) is 4.54. The van der Waals surface area contributed by atoms with Crippen molar-refractivity contribution in [2.75, 3.05) is 11.9 Å². The Hall–Kier alpha value is -2.47. The molecule has 0 fully saturated rings.